The smallest absolute Gasteiger partial charge is 0.188 e. The predicted molar refractivity (Wildman–Crippen MR) is 51.9 cm³/mol. The van der Waals surface area contributed by atoms with Crippen molar-refractivity contribution in [1.29, 1.82) is 0 Å². The molecule has 0 aliphatic rings. The van der Waals surface area contributed by atoms with Crippen LogP contribution in [0.25, 0.3) is 0 Å². The van der Waals surface area contributed by atoms with Crippen LogP contribution >= 0.6 is 11.8 Å². The zero-order valence-corrected chi connectivity index (χ0v) is 8.38. The highest BCUT2D eigenvalue weighted by Crippen LogP contribution is 2.10. The average Bonchev–Trinajstić information content (AvgIpc) is 2.01. The van der Waals surface area contributed by atoms with E-state index in [0.717, 1.165) is 25.0 Å². The molecule has 0 saturated carbocycles. The molecule has 0 aromatic carbocycles. The van der Waals surface area contributed by atoms with Gasteiger partial charge in [0.1, 0.15) is 0 Å². The molecule has 2 heteroatoms. The Kier molecular flexibility index (Phi) is 8.13. The number of rotatable bonds is 6. The van der Waals surface area contributed by atoms with E-state index in [1.165, 1.54) is 24.6 Å². The van der Waals surface area contributed by atoms with Gasteiger partial charge in [0.2, 0.25) is 0 Å². The Balaban J connectivity index is 3.09. The molecule has 0 saturated heterocycles. The van der Waals surface area contributed by atoms with Crippen molar-refractivity contribution in [3.63, 3.8) is 0 Å². The highest BCUT2D eigenvalue weighted by atomic mass is 32.2. The lowest BCUT2D eigenvalue weighted by molar-refractivity contribution is -0.111. The summed E-state index contributed by atoms with van der Waals surface area (Å²) in [4.78, 5) is 11.0. The molecule has 0 rings (SSSR count). The third kappa shape index (κ3) is 7.92. The third-order valence-electron chi connectivity index (χ3n) is 1.50. The summed E-state index contributed by atoms with van der Waals surface area (Å²) in [6.07, 6.45) is 5.31. The SMILES string of the molecule is CCCCSC(=O)CCCC. The summed E-state index contributed by atoms with van der Waals surface area (Å²) in [5, 5.41) is 0.375. The van der Waals surface area contributed by atoms with Gasteiger partial charge in [0.25, 0.3) is 0 Å². The van der Waals surface area contributed by atoms with Crippen molar-refractivity contribution >= 4 is 16.9 Å². The summed E-state index contributed by atoms with van der Waals surface area (Å²) in [6, 6.07) is 0. The van der Waals surface area contributed by atoms with Gasteiger partial charge in [-0.2, -0.15) is 0 Å². The van der Waals surface area contributed by atoms with Crippen LogP contribution in [0.15, 0.2) is 0 Å². The molecule has 11 heavy (non-hydrogen) atoms. The van der Waals surface area contributed by atoms with E-state index in [2.05, 4.69) is 13.8 Å². The fourth-order valence-electron chi connectivity index (χ4n) is 0.724. The molecule has 66 valence electrons. The minimum absolute atomic E-state index is 0.375. The van der Waals surface area contributed by atoms with Crippen molar-refractivity contribution in [3.8, 4) is 0 Å². The molecule has 0 N–H and O–H groups in total. The monoisotopic (exact) mass is 174 g/mol. The van der Waals surface area contributed by atoms with Gasteiger partial charge < -0.3 is 0 Å². The van der Waals surface area contributed by atoms with E-state index in [9.17, 15) is 4.79 Å². The maximum atomic E-state index is 11.0. The molecular weight excluding hydrogens is 156 g/mol. The molecule has 1 nitrogen and oxygen atoms in total. The summed E-state index contributed by atoms with van der Waals surface area (Å²) in [7, 11) is 0. The summed E-state index contributed by atoms with van der Waals surface area (Å²) in [6.45, 7) is 4.26. The third-order valence-corrected chi connectivity index (χ3v) is 2.51. The molecule has 0 fully saturated rings. The molecule has 0 spiro atoms. The fourth-order valence-corrected chi connectivity index (χ4v) is 1.67. The summed E-state index contributed by atoms with van der Waals surface area (Å²) in [5.74, 6) is 1.01. The Labute approximate surface area is 73.9 Å². The van der Waals surface area contributed by atoms with Crippen LogP contribution in [0.2, 0.25) is 0 Å². The van der Waals surface area contributed by atoms with Gasteiger partial charge in [-0.05, 0) is 12.8 Å². The quantitative estimate of drug-likeness (QED) is 0.575. The first-order valence-electron chi connectivity index (χ1n) is 4.46. The molecule has 0 heterocycles. The largest absolute Gasteiger partial charge is 0.287 e. The average molecular weight is 174 g/mol. The molecule has 0 atom stereocenters. The van der Waals surface area contributed by atoms with Gasteiger partial charge in [-0.1, -0.05) is 38.5 Å². The normalized spacial score (nSPS) is 10.0. The zero-order valence-electron chi connectivity index (χ0n) is 7.56. The molecule has 0 bridgehead atoms. The number of unbranched alkanes of at least 4 members (excludes halogenated alkanes) is 2. The first-order valence-corrected chi connectivity index (χ1v) is 5.45. The maximum Gasteiger partial charge on any atom is 0.188 e. The predicted octanol–water partition coefficient (Wildman–Crippen LogP) is 3.24. The standard InChI is InChI=1S/C9H18OS/c1-3-5-7-9(10)11-8-6-4-2/h3-8H2,1-2H3. The van der Waals surface area contributed by atoms with Crippen LogP contribution < -0.4 is 0 Å². The summed E-state index contributed by atoms with van der Waals surface area (Å²) < 4.78 is 0. The molecule has 0 unspecified atom stereocenters. The summed E-state index contributed by atoms with van der Waals surface area (Å²) >= 11 is 1.50. The van der Waals surface area contributed by atoms with Crippen molar-refractivity contribution < 1.29 is 4.79 Å². The fraction of sp³-hybridized carbons (Fsp3) is 0.889. The molecular formula is C9H18OS. The summed E-state index contributed by atoms with van der Waals surface area (Å²) in [5.41, 5.74) is 0. The van der Waals surface area contributed by atoms with Crippen molar-refractivity contribution in [2.75, 3.05) is 5.75 Å². The second kappa shape index (κ2) is 8.12. The van der Waals surface area contributed by atoms with Gasteiger partial charge in [-0.15, -0.1) is 0 Å². The first-order chi connectivity index (χ1) is 5.31. The highest BCUT2D eigenvalue weighted by molar-refractivity contribution is 8.13. The van der Waals surface area contributed by atoms with E-state index < -0.39 is 0 Å². The molecule has 0 aliphatic heterocycles. The van der Waals surface area contributed by atoms with E-state index in [-0.39, 0.29) is 0 Å². The molecule has 0 aromatic heterocycles. The van der Waals surface area contributed by atoms with Crippen LogP contribution in [0.3, 0.4) is 0 Å². The van der Waals surface area contributed by atoms with Gasteiger partial charge in [0, 0.05) is 12.2 Å². The lowest BCUT2D eigenvalue weighted by Crippen LogP contribution is -1.92. The number of carbonyl (C=O) groups excluding carboxylic acids is 1. The van der Waals surface area contributed by atoms with Gasteiger partial charge in [0.15, 0.2) is 5.12 Å². The van der Waals surface area contributed by atoms with E-state index in [0.29, 0.717) is 5.12 Å². The van der Waals surface area contributed by atoms with Gasteiger partial charge in [-0.25, -0.2) is 0 Å². The molecule has 0 radical (unpaired) electrons. The minimum Gasteiger partial charge on any atom is -0.287 e. The van der Waals surface area contributed by atoms with E-state index in [1.807, 2.05) is 0 Å². The molecule has 0 aliphatic carbocycles. The van der Waals surface area contributed by atoms with Gasteiger partial charge in [-0.3, -0.25) is 4.79 Å². The van der Waals surface area contributed by atoms with Gasteiger partial charge >= 0.3 is 0 Å². The van der Waals surface area contributed by atoms with Crippen LogP contribution in [0.4, 0.5) is 0 Å². The highest BCUT2D eigenvalue weighted by Gasteiger charge is 1.99. The van der Waals surface area contributed by atoms with Crippen molar-refractivity contribution in [2.24, 2.45) is 0 Å². The van der Waals surface area contributed by atoms with E-state index in [4.69, 9.17) is 0 Å². The lowest BCUT2D eigenvalue weighted by Gasteiger charge is -1.97. The van der Waals surface area contributed by atoms with Gasteiger partial charge in [0.05, 0.1) is 0 Å². The van der Waals surface area contributed by atoms with Crippen LogP contribution in [-0.2, 0) is 4.79 Å². The number of hydrogen-bond acceptors (Lipinski definition) is 2. The molecule has 0 aromatic rings. The molecule has 0 amide bonds. The van der Waals surface area contributed by atoms with E-state index >= 15 is 0 Å². The van der Waals surface area contributed by atoms with Crippen molar-refractivity contribution in [3.05, 3.63) is 0 Å². The minimum atomic E-state index is 0.375. The maximum absolute atomic E-state index is 11.0. The Morgan fingerprint density at radius 3 is 2.36 bits per heavy atom. The van der Waals surface area contributed by atoms with Crippen LogP contribution in [0, 0.1) is 0 Å². The second-order valence-corrected chi connectivity index (χ2v) is 3.83. The van der Waals surface area contributed by atoms with Crippen molar-refractivity contribution in [2.45, 2.75) is 46.0 Å². The lowest BCUT2D eigenvalue weighted by atomic mass is 10.3. The van der Waals surface area contributed by atoms with Crippen LogP contribution in [0.1, 0.15) is 46.0 Å². The second-order valence-electron chi connectivity index (χ2n) is 2.68. The topological polar surface area (TPSA) is 17.1 Å². The van der Waals surface area contributed by atoms with Crippen LogP contribution in [-0.4, -0.2) is 10.9 Å². The first kappa shape index (κ1) is 11.0. The Morgan fingerprint density at radius 2 is 1.82 bits per heavy atom. The van der Waals surface area contributed by atoms with Crippen molar-refractivity contribution in [1.82, 2.24) is 0 Å². The Morgan fingerprint density at radius 1 is 1.18 bits per heavy atom. The Bertz CT molecular complexity index is 102. The zero-order chi connectivity index (χ0) is 8.53. The van der Waals surface area contributed by atoms with E-state index in [1.54, 1.807) is 0 Å². The number of hydrogen-bond donors (Lipinski definition) is 0. The Hall–Kier alpha value is 0.0200. The number of thioether (sulfide) groups is 1. The van der Waals surface area contributed by atoms with Crippen LogP contribution in [0.5, 0.6) is 0 Å². The number of carbonyl (C=O) groups is 1.